The largest absolute Gasteiger partial charge is 0.467 e. The minimum atomic E-state index is -3.44. The lowest BCUT2D eigenvalue weighted by Crippen LogP contribution is -2.43. The molecule has 2 atom stereocenters. The van der Waals surface area contributed by atoms with Gasteiger partial charge in [-0.3, -0.25) is 4.79 Å². The van der Waals surface area contributed by atoms with E-state index in [-0.39, 0.29) is 36.3 Å². The van der Waals surface area contributed by atoms with E-state index in [1.807, 2.05) is 66.7 Å². The van der Waals surface area contributed by atoms with Gasteiger partial charge in [-0.1, -0.05) is 91.0 Å². The van der Waals surface area contributed by atoms with Gasteiger partial charge in [-0.25, -0.2) is 13.2 Å². The number of methoxy groups -OCH3 is 1. The number of likely N-dealkylation sites (tertiary alicyclic amines) is 1. The smallest absolute Gasteiger partial charge is 0.328 e. The zero-order valence-corrected chi connectivity index (χ0v) is 20.4. The fourth-order valence-corrected chi connectivity index (χ4v) is 6.61. The molecule has 1 amide bonds. The van der Waals surface area contributed by atoms with Crippen LogP contribution in [0.3, 0.4) is 0 Å². The number of ether oxygens (including phenoxy) is 1. The average molecular weight is 492 g/mol. The number of rotatable bonds is 8. The maximum atomic E-state index is 13.9. The summed E-state index contributed by atoms with van der Waals surface area (Å²) in [6.07, 6.45) is 0.253. The molecule has 0 aliphatic carbocycles. The normalized spacial score (nSPS) is 17.9. The van der Waals surface area contributed by atoms with Crippen LogP contribution < -0.4 is 0 Å². The first-order chi connectivity index (χ1) is 16.9. The highest BCUT2D eigenvalue weighted by Crippen LogP contribution is 2.33. The zero-order chi connectivity index (χ0) is 24.8. The van der Waals surface area contributed by atoms with E-state index in [1.165, 1.54) is 12.0 Å². The number of nitrogens with zero attached hydrogens (tertiary/aromatic N) is 1. The van der Waals surface area contributed by atoms with Gasteiger partial charge in [0.05, 0.1) is 24.5 Å². The van der Waals surface area contributed by atoms with Crippen molar-refractivity contribution in [2.45, 2.75) is 24.1 Å². The second-order valence-corrected chi connectivity index (χ2v) is 11.0. The molecule has 0 saturated carbocycles. The van der Waals surface area contributed by atoms with E-state index >= 15 is 0 Å². The number of benzene rings is 3. The summed E-state index contributed by atoms with van der Waals surface area (Å²) in [5, 5.41) is 0. The second-order valence-electron chi connectivity index (χ2n) is 8.93. The number of amides is 1. The Bertz CT molecular complexity index is 1210. The zero-order valence-electron chi connectivity index (χ0n) is 19.6. The molecule has 35 heavy (non-hydrogen) atoms. The van der Waals surface area contributed by atoms with E-state index in [2.05, 4.69) is 0 Å². The van der Waals surface area contributed by atoms with Crippen molar-refractivity contribution in [3.63, 3.8) is 0 Å². The summed E-state index contributed by atoms with van der Waals surface area (Å²) in [6, 6.07) is 27.0. The fraction of sp³-hybridized carbons (Fsp3) is 0.286. The summed E-state index contributed by atoms with van der Waals surface area (Å²) in [6.45, 7) is 0.183. The van der Waals surface area contributed by atoms with Crippen LogP contribution in [0.5, 0.6) is 0 Å². The minimum absolute atomic E-state index is 0.0716. The third-order valence-corrected chi connectivity index (χ3v) is 8.13. The number of hydrogen-bond donors (Lipinski definition) is 0. The van der Waals surface area contributed by atoms with Gasteiger partial charge in [-0.05, 0) is 29.0 Å². The predicted molar refractivity (Wildman–Crippen MR) is 134 cm³/mol. The summed E-state index contributed by atoms with van der Waals surface area (Å²) in [7, 11) is -2.15. The third kappa shape index (κ3) is 5.98. The van der Waals surface area contributed by atoms with Gasteiger partial charge in [0.25, 0.3) is 0 Å². The molecule has 7 heteroatoms. The highest BCUT2D eigenvalue weighted by atomic mass is 32.2. The van der Waals surface area contributed by atoms with Crippen LogP contribution >= 0.6 is 0 Å². The maximum absolute atomic E-state index is 13.9. The van der Waals surface area contributed by atoms with E-state index in [0.717, 1.165) is 16.7 Å². The van der Waals surface area contributed by atoms with Gasteiger partial charge >= 0.3 is 5.97 Å². The number of carbonyl (C=O) groups is 2. The molecule has 182 valence electrons. The molecule has 0 aromatic heterocycles. The van der Waals surface area contributed by atoms with Gasteiger partial charge in [-0.2, -0.15) is 0 Å². The quantitative estimate of drug-likeness (QED) is 0.448. The molecule has 1 aliphatic heterocycles. The molecule has 0 radical (unpaired) electrons. The Morgan fingerprint density at radius 2 is 1.40 bits per heavy atom. The lowest BCUT2D eigenvalue weighted by Gasteiger charge is -2.28. The molecule has 0 N–H and O–H groups in total. The van der Waals surface area contributed by atoms with Gasteiger partial charge in [0, 0.05) is 6.54 Å². The molecule has 1 fully saturated rings. The first-order valence-electron chi connectivity index (χ1n) is 11.6. The van der Waals surface area contributed by atoms with Crippen LogP contribution in [-0.2, 0) is 29.9 Å². The van der Waals surface area contributed by atoms with Gasteiger partial charge in [0.2, 0.25) is 5.91 Å². The summed E-state index contributed by atoms with van der Waals surface area (Å²) < 4.78 is 30.9. The van der Waals surface area contributed by atoms with Crippen molar-refractivity contribution < 1.29 is 22.7 Å². The molecule has 0 spiro atoms. The van der Waals surface area contributed by atoms with Crippen LogP contribution in [0.15, 0.2) is 91.0 Å². The Balaban J connectivity index is 1.60. The number of carbonyl (C=O) groups excluding carboxylic acids is 2. The highest BCUT2D eigenvalue weighted by molar-refractivity contribution is 7.90. The van der Waals surface area contributed by atoms with E-state index in [4.69, 9.17) is 4.74 Å². The summed E-state index contributed by atoms with van der Waals surface area (Å²) in [5.41, 5.74) is 2.34. The Hall–Kier alpha value is -3.45. The standard InChI is InChI=1S/C28H29NO5S/c1-34-28(31)25-17-22(20-35(32,33)19-21-11-5-2-6-12-21)18-29(25)27(30)26(23-13-7-3-8-14-23)24-15-9-4-10-16-24/h2-16,22,25-26H,17-20H2,1H3. The van der Waals surface area contributed by atoms with Crippen molar-refractivity contribution in [2.24, 2.45) is 5.92 Å². The van der Waals surface area contributed by atoms with Crippen LogP contribution in [0.1, 0.15) is 29.0 Å². The van der Waals surface area contributed by atoms with E-state index in [0.29, 0.717) is 0 Å². The fourth-order valence-electron chi connectivity index (χ4n) is 4.83. The predicted octanol–water partition coefficient (Wildman–Crippen LogP) is 3.82. The molecule has 3 aromatic rings. The minimum Gasteiger partial charge on any atom is -0.467 e. The van der Waals surface area contributed by atoms with Crippen molar-refractivity contribution in [1.29, 1.82) is 0 Å². The van der Waals surface area contributed by atoms with Gasteiger partial charge in [0.1, 0.15) is 6.04 Å². The molecular weight excluding hydrogens is 462 g/mol. The molecule has 3 aromatic carbocycles. The average Bonchev–Trinajstić information content (AvgIpc) is 3.28. The summed E-state index contributed by atoms with van der Waals surface area (Å²) in [4.78, 5) is 28.1. The lowest BCUT2D eigenvalue weighted by atomic mass is 9.90. The van der Waals surface area contributed by atoms with Crippen LogP contribution in [0.25, 0.3) is 0 Å². The first-order valence-corrected chi connectivity index (χ1v) is 13.4. The van der Waals surface area contributed by atoms with Crippen molar-refractivity contribution in [3.05, 3.63) is 108 Å². The van der Waals surface area contributed by atoms with Gasteiger partial charge < -0.3 is 9.64 Å². The highest BCUT2D eigenvalue weighted by Gasteiger charge is 2.44. The van der Waals surface area contributed by atoms with Crippen molar-refractivity contribution in [1.82, 2.24) is 4.90 Å². The molecule has 1 heterocycles. The van der Waals surface area contributed by atoms with Crippen LogP contribution in [0, 0.1) is 5.92 Å². The second kappa shape index (κ2) is 10.9. The molecule has 4 rings (SSSR count). The van der Waals surface area contributed by atoms with Crippen LogP contribution in [-0.4, -0.2) is 50.6 Å². The topological polar surface area (TPSA) is 80.8 Å². The molecular formula is C28H29NO5S. The molecule has 1 aliphatic rings. The summed E-state index contributed by atoms with van der Waals surface area (Å²) in [5.74, 6) is -1.90. The molecule has 0 bridgehead atoms. The van der Waals surface area contributed by atoms with Crippen molar-refractivity contribution in [2.75, 3.05) is 19.4 Å². The molecule has 6 nitrogen and oxygen atoms in total. The van der Waals surface area contributed by atoms with Crippen molar-refractivity contribution in [3.8, 4) is 0 Å². The Kier molecular flexibility index (Phi) is 7.66. The SMILES string of the molecule is COC(=O)C1CC(CS(=O)(=O)Cc2ccccc2)CN1C(=O)C(c1ccccc1)c1ccccc1. The van der Waals surface area contributed by atoms with Gasteiger partial charge in [0.15, 0.2) is 9.84 Å². The van der Waals surface area contributed by atoms with Gasteiger partial charge in [-0.15, -0.1) is 0 Å². The van der Waals surface area contributed by atoms with Crippen LogP contribution in [0.4, 0.5) is 0 Å². The Morgan fingerprint density at radius 3 is 1.91 bits per heavy atom. The molecule has 2 unspecified atom stereocenters. The van der Waals surface area contributed by atoms with Crippen molar-refractivity contribution >= 4 is 21.7 Å². The monoisotopic (exact) mass is 491 g/mol. The van der Waals surface area contributed by atoms with E-state index in [1.54, 1.807) is 24.3 Å². The van der Waals surface area contributed by atoms with E-state index in [9.17, 15) is 18.0 Å². The van der Waals surface area contributed by atoms with E-state index < -0.39 is 27.8 Å². The number of hydrogen-bond acceptors (Lipinski definition) is 5. The third-order valence-electron chi connectivity index (χ3n) is 6.38. The number of sulfone groups is 1. The molecule has 1 saturated heterocycles. The summed E-state index contributed by atoms with van der Waals surface area (Å²) >= 11 is 0. The lowest BCUT2D eigenvalue weighted by molar-refractivity contribution is -0.151. The maximum Gasteiger partial charge on any atom is 0.328 e. The van der Waals surface area contributed by atoms with Crippen LogP contribution in [0.2, 0.25) is 0 Å². The first kappa shape index (κ1) is 24.7. The number of esters is 1. The Morgan fingerprint density at radius 1 is 0.886 bits per heavy atom. The Labute approximate surface area is 206 Å².